The van der Waals surface area contributed by atoms with Gasteiger partial charge in [-0.2, -0.15) is 10.6 Å². The monoisotopic (exact) mass is 227 g/mol. The molecule has 5 heteroatoms. The highest BCUT2D eigenvalue weighted by Crippen LogP contribution is 2.12. The predicted molar refractivity (Wildman–Crippen MR) is 61.9 cm³/mol. The van der Waals surface area contributed by atoms with Crippen LogP contribution in [0.15, 0.2) is 12.4 Å². The fourth-order valence-electron chi connectivity index (χ4n) is 1.15. The zero-order valence-corrected chi connectivity index (χ0v) is 10.5. The standard InChI is InChI=1S/C11H21N3O2/c1-11(2,3)14-9-10(7-12-14)8-13-16-6-5-15-4/h7,9,13H,5-6,8H2,1-4H3. The first kappa shape index (κ1) is 13.2. The van der Waals surface area contributed by atoms with Crippen molar-refractivity contribution < 1.29 is 9.57 Å². The second-order valence-electron chi connectivity index (χ2n) is 4.63. The third kappa shape index (κ3) is 4.30. The molecule has 0 amide bonds. The number of hydrogen-bond acceptors (Lipinski definition) is 4. The topological polar surface area (TPSA) is 48.3 Å². The first-order valence-corrected chi connectivity index (χ1v) is 5.41. The van der Waals surface area contributed by atoms with Crippen LogP contribution in [0.3, 0.4) is 0 Å². The van der Waals surface area contributed by atoms with Crippen LogP contribution in [0.1, 0.15) is 26.3 Å². The molecular weight excluding hydrogens is 206 g/mol. The molecule has 0 aliphatic heterocycles. The first-order valence-electron chi connectivity index (χ1n) is 5.41. The normalized spacial score (nSPS) is 12.0. The van der Waals surface area contributed by atoms with Crippen molar-refractivity contribution in [2.24, 2.45) is 0 Å². The number of aromatic nitrogens is 2. The molecule has 16 heavy (non-hydrogen) atoms. The summed E-state index contributed by atoms with van der Waals surface area (Å²) in [5.41, 5.74) is 3.99. The molecule has 0 spiro atoms. The minimum atomic E-state index is 0.0230. The van der Waals surface area contributed by atoms with Gasteiger partial charge in [-0.15, -0.1) is 0 Å². The van der Waals surface area contributed by atoms with Gasteiger partial charge in [-0.1, -0.05) is 0 Å². The van der Waals surface area contributed by atoms with Crippen molar-refractivity contribution in [3.8, 4) is 0 Å². The van der Waals surface area contributed by atoms with E-state index in [2.05, 4.69) is 31.3 Å². The Balaban J connectivity index is 2.30. The number of hydroxylamine groups is 1. The number of hydrogen-bond donors (Lipinski definition) is 1. The van der Waals surface area contributed by atoms with E-state index < -0.39 is 0 Å². The van der Waals surface area contributed by atoms with Crippen LogP contribution in [-0.4, -0.2) is 30.1 Å². The minimum absolute atomic E-state index is 0.0230. The van der Waals surface area contributed by atoms with Gasteiger partial charge in [0.1, 0.15) is 0 Å². The molecule has 1 N–H and O–H groups in total. The molecule has 0 aliphatic carbocycles. The van der Waals surface area contributed by atoms with E-state index in [-0.39, 0.29) is 5.54 Å². The largest absolute Gasteiger partial charge is 0.382 e. The molecule has 0 radical (unpaired) electrons. The van der Waals surface area contributed by atoms with E-state index >= 15 is 0 Å². The van der Waals surface area contributed by atoms with Gasteiger partial charge in [0, 0.05) is 25.4 Å². The van der Waals surface area contributed by atoms with Crippen molar-refractivity contribution in [2.75, 3.05) is 20.3 Å². The lowest BCUT2D eigenvalue weighted by atomic mass is 10.1. The lowest BCUT2D eigenvalue weighted by Crippen LogP contribution is -2.22. The molecule has 0 fully saturated rings. The zero-order valence-electron chi connectivity index (χ0n) is 10.5. The van der Waals surface area contributed by atoms with Crippen molar-refractivity contribution >= 4 is 0 Å². The Morgan fingerprint density at radius 2 is 2.12 bits per heavy atom. The Labute approximate surface area is 96.7 Å². The number of ether oxygens (including phenoxy) is 1. The fraction of sp³-hybridized carbons (Fsp3) is 0.727. The maximum Gasteiger partial charge on any atom is 0.0916 e. The van der Waals surface area contributed by atoms with Crippen LogP contribution >= 0.6 is 0 Å². The van der Waals surface area contributed by atoms with E-state index in [0.29, 0.717) is 19.8 Å². The number of rotatable bonds is 6. The highest BCUT2D eigenvalue weighted by atomic mass is 16.7. The summed E-state index contributed by atoms with van der Waals surface area (Å²) >= 11 is 0. The average Bonchev–Trinajstić information content (AvgIpc) is 2.65. The highest BCUT2D eigenvalue weighted by molar-refractivity contribution is 5.04. The molecule has 0 unspecified atom stereocenters. The Hall–Kier alpha value is -0.910. The van der Waals surface area contributed by atoms with Crippen LogP contribution in [0.5, 0.6) is 0 Å². The van der Waals surface area contributed by atoms with Crippen molar-refractivity contribution in [1.29, 1.82) is 0 Å². The van der Waals surface area contributed by atoms with E-state index in [1.807, 2.05) is 17.1 Å². The molecule has 0 saturated heterocycles. The van der Waals surface area contributed by atoms with Crippen LogP contribution in [0.4, 0.5) is 0 Å². The van der Waals surface area contributed by atoms with E-state index in [1.165, 1.54) is 0 Å². The molecule has 92 valence electrons. The number of methoxy groups -OCH3 is 1. The Morgan fingerprint density at radius 1 is 1.38 bits per heavy atom. The quantitative estimate of drug-likeness (QED) is 0.588. The van der Waals surface area contributed by atoms with Crippen molar-refractivity contribution in [1.82, 2.24) is 15.3 Å². The first-order chi connectivity index (χ1) is 7.54. The smallest absolute Gasteiger partial charge is 0.0916 e. The Morgan fingerprint density at radius 3 is 2.69 bits per heavy atom. The molecule has 1 aromatic heterocycles. The molecule has 1 rings (SSSR count). The third-order valence-electron chi connectivity index (χ3n) is 2.09. The lowest BCUT2D eigenvalue weighted by molar-refractivity contribution is 0.00344. The van der Waals surface area contributed by atoms with Gasteiger partial charge in [-0.3, -0.25) is 9.52 Å². The molecule has 5 nitrogen and oxygen atoms in total. The summed E-state index contributed by atoms with van der Waals surface area (Å²) in [6, 6.07) is 0. The maximum atomic E-state index is 5.16. The van der Waals surface area contributed by atoms with Crippen LogP contribution in [0.25, 0.3) is 0 Å². The zero-order chi connectivity index (χ0) is 12.0. The molecule has 0 aromatic carbocycles. The lowest BCUT2D eigenvalue weighted by Gasteiger charge is -2.18. The van der Waals surface area contributed by atoms with Gasteiger partial charge in [0.05, 0.1) is 24.9 Å². The number of nitrogens with zero attached hydrogens (tertiary/aromatic N) is 2. The van der Waals surface area contributed by atoms with Gasteiger partial charge in [0.25, 0.3) is 0 Å². The van der Waals surface area contributed by atoms with Gasteiger partial charge < -0.3 is 4.74 Å². The van der Waals surface area contributed by atoms with Gasteiger partial charge in [0.2, 0.25) is 0 Å². The summed E-state index contributed by atoms with van der Waals surface area (Å²) < 4.78 is 6.81. The van der Waals surface area contributed by atoms with Crippen molar-refractivity contribution in [3.63, 3.8) is 0 Å². The molecule has 0 bridgehead atoms. The second-order valence-corrected chi connectivity index (χ2v) is 4.63. The second kappa shape index (κ2) is 5.98. The highest BCUT2D eigenvalue weighted by Gasteiger charge is 2.13. The molecule has 0 atom stereocenters. The van der Waals surface area contributed by atoms with Crippen LogP contribution in [0.2, 0.25) is 0 Å². The summed E-state index contributed by atoms with van der Waals surface area (Å²) in [7, 11) is 1.65. The fourth-order valence-corrected chi connectivity index (χ4v) is 1.15. The molecule has 1 heterocycles. The van der Waals surface area contributed by atoms with Crippen LogP contribution in [0, 0.1) is 0 Å². The van der Waals surface area contributed by atoms with Crippen LogP contribution < -0.4 is 5.48 Å². The Bertz CT molecular complexity index is 304. The van der Waals surface area contributed by atoms with E-state index in [9.17, 15) is 0 Å². The van der Waals surface area contributed by atoms with Gasteiger partial charge >= 0.3 is 0 Å². The number of nitrogens with one attached hydrogen (secondary N) is 1. The van der Waals surface area contributed by atoms with E-state index in [0.717, 1.165) is 5.56 Å². The molecule has 0 saturated carbocycles. The van der Waals surface area contributed by atoms with Crippen molar-refractivity contribution in [3.05, 3.63) is 18.0 Å². The predicted octanol–water partition coefficient (Wildman–Crippen LogP) is 1.31. The average molecular weight is 227 g/mol. The van der Waals surface area contributed by atoms with Crippen molar-refractivity contribution in [2.45, 2.75) is 32.9 Å². The summed E-state index contributed by atoms with van der Waals surface area (Å²) in [6.45, 7) is 8.14. The SMILES string of the molecule is COCCONCc1cnn(C(C)(C)C)c1. The van der Waals surface area contributed by atoms with Gasteiger partial charge in [-0.05, 0) is 20.8 Å². The minimum Gasteiger partial charge on any atom is -0.382 e. The maximum absolute atomic E-state index is 5.16. The van der Waals surface area contributed by atoms with E-state index in [4.69, 9.17) is 9.57 Å². The molecular formula is C11H21N3O2. The molecule has 1 aromatic rings. The van der Waals surface area contributed by atoms with E-state index in [1.54, 1.807) is 7.11 Å². The van der Waals surface area contributed by atoms with Gasteiger partial charge in [-0.25, -0.2) is 0 Å². The molecule has 0 aliphatic rings. The summed E-state index contributed by atoms with van der Waals surface area (Å²) in [6.07, 6.45) is 3.87. The summed E-state index contributed by atoms with van der Waals surface area (Å²) in [4.78, 5) is 5.16. The summed E-state index contributed by atoms with van der Waals surface area (Å²) in [5.74, 6) is 0. The Kier molecular flexibility index (Phi) is 4.92. The van der Waals surface area contributed by atoms with Gasteiger partial charge in [0.15, 0.2) is 0 Å². The summed E-state index contributed by atoms with van der Waals surface area (Å²) in [5, 5.41) is 4.30. The third-order valence-corrected chi connectivity index (χ3v) is 2.09. The van der Waals surface area contributed by atoms with Crippen LogP contribution in [-0.2, 0) is 21.7 Å².